The Morgan fingerprint density at radius 2 is 1.73 bits per heavy atom. The molecule has 0 N–H and O–H groups in total. The van der Waals surface area contributed by atoms with Crippen molar-refractivity contribution < 1.29 is 0 Å². The van der Waals surface area contributed by atoms with Crippen LogP contribution in [0, 0.1) is 11.3 Å². The van der Waals surface area contributed by atoms with Gasteiger partial charge in [0.25, 0.3) is 0 Å². The van der Waals surface area contributed by atoms with Crippen LogP contribution >= 0.6 is 0 Å². The number of nitriles is 1. The number of hydrogen-bond acceptors (Lipinski definition) is 1. The van der Waals surface area contributed by atoms with E-state index in [9.17, 15) is 0 Å². The van der Waals surface area contributed by atoms with Crippen molar-refractivity contribution in [2.75, 3.05) is 0 Å². The molecule has 0 aliphatic carbocycles. The van der Waals surface area contributed by atoms with Crippen LogP contribution in [0.1, 0.15) is 5.56 Å². The van der Waals surface area contributed by atoms with Gasteiger partial charge in [-0.15, -0.1) is 0 Å². The average Bonchev–Trinajstić information content (AvgIpc) is 2.67. The molecule has 70 valence electrons. The summed E-state index contributed by atoms with van der Waals surface area (Å²) in [4.78, 5) is 0. The van der Waals surface area contributed by atoms with Gasteiger partial charge in [0.15, 0.2) is 0 Å². The van der Waals surface area contributed by atoms with E-state index in [4.69, 9.17) is 5.26 Å². The predicted molar refractivity (Wildman–Crippen MR) is 63.1 cm³/mol. The molecular formula is C13H7NSe. The molecule has 2 heteroatoms. The van der Waals surface area contributed by atoms with Crippen LogP contribution in [0.4, 0.5) is 0 Å². The minimum atomic E-state index is 0.374. The molecule has 3 rings (SSSR count). The van der Waals surface area contributed by atoms with E-state index in [0.29, 0.717) is 14.5 Å². The third kappa shape index (κ3) is 1.21. The molecule has 1 heterocycles. The summed E-state index contributed by atoms with van der Waals surface area (Å²) >= 11 is 0.374. The molecular weight excluding hydrogens is 249 g/mol. The van der Waals surface area contributed by atoms with Gasteiger partial charge < -0.3 is 0 Å². The number of nitrogens with zero attached hydrogens (tertiary/aromatic N) is 1. The molecule has 0 atom stereocenters. The Labute approximate surface area is 93.3 Å². The van der Waals surface area contributed by atoms with Gasteiger partial charge >= 0.3 is 93.2 Å². The molecule has 0 amide bonds. The second kappa shape index (κ2) is 3.24. The third-order valence-electron chi connectivity index (χ3n) is 2.52. The van der Waals surface area contributed by atoms with Crippen LogP contribution in [0.2, 0.25) is 0 Å². The van der Waals surface area contributed by atoms with E-state index in [1.165, 1.54) is 13.9 Å². The Balaban J connectivity index is 2.64. The zero-order chi connectivity index (χ0) is 10.3. The molecule has 3 aromatic rings. The molecule has 2 aromatic carbocycles. The molecule has 0 radical (unpaired) electrons. The fourth-order valence-electron chi connectivity index (χ4n) is 1.87. The Kier molecular flexibility index (Phi) is 1.89. The summed E-state index contributed by atoms with van der Waals surface area (Å²) < 4.78 is 2.73. The minimum absolute atomic E-state index is 0.374. The molecule has 0 saturated heterocycles. The van der Waals surface area contributed by atoms with Gasteiger partial charge in [-0.2, -0.15) is 0 Å². The monoisotopic (exact) mass is 257 g/mol. The first kappa shape index (κ1) is 8.73. The topological polar surface area (TPSA) is 23.8 Å². The zero-order valence-corrected chi connectivity index (χ0v) is 9.61. The van der Waals surface area contributed by atoms with E-state index in [2.05, 4.69) is 30.3 Å². The molecule has 1 aromatic heterocycles. The average molecular weight is 256 g/mol. The van der Waals surface area contributed by atoms with Crippen LogP contribution in [-0.2, 0) is 0 Å². The van der Waals surface area contributed by atoms with E-state index in [1.807, 2.05) is 18.2 Å². The Morgan fingerprint density at radius 3 is 2.60 bits per heavy atom. The maximum absolute atomic E-state index is 9.08. The van der Waals surface area contributed by atoms with E-state index >= 15 is 0 Å². The Hall–Kier alpha value is -1.55. The molecule has 15 heavy (non-hydrogen) atoms. The molecule has 0 aliphatic rings. The van der Waals surface area contributed by atoms with Gasteiger partial charge in [-0.1, -0.05) is 0 Å². The van der Waals surface area contributed by atoms with Crippen molar-refractivity contribution in [3.05, 3.63) is 48.0 Å². The maximum atomic E-state index is 9.08. The predicted octanol–water partition coefficient (Wildman–Crippen LogP) is 2.92. The van der Waals surface area contributed by atoms with Crippen molar-refractivity contribution >= 4 is 33.8 Å². The van der Waals surface area contributed by atoms with E-state index in [-0.39, 0.29) is 0 Å². The van der Waals surface area contributed by atoms with Crippen molar-refractivity contribution in [3.63, 3.8) is 0 Å². The molecule has 0 saturated carbocycles. The van der Waals surface area contributed by atoms with Crippen LogP contribution in [0.15, 0.2) is 42.5 Å². The van der Waals surface area contributed by atoms with Crippen LogP contribution in [0.3, 0.4) is 0 Å². The van der Waals surface area contributed by atoms with Crippen LogP contribution in [-0.4, -0.2) is 14.5 Å². The van der Waals surface area contributed by atoms with E-state index in [1.54, 1.807) is 0 Å². The van der Waals surface area contributed by atoms with Crippen molar-refractivity contribution in [2.45, 2.75) is 0 Å². The molecule has 1 nitrogen and oxygen atoms in total. The first-order chi connectivity index (χ1) is 7.40. The quantitative estimate of drug-likeness (QED) is 0.567. The van der Waals surface area contributed by atoms with Crippen LogP contribution < -0.4 is 0 Å². The van der Waals surface area contributed by atoms with Gasteiger partial charge in [0, 0.05) is 0 Å². The summed E-state index contributed by atoms with van der Waals surface area (Å²) in [6.45, 7) is 0. The van der Waals surface area contributed by atoms with E-state index < -0.39 is 0 Å². The summed E-state index contributed by atoms with van der Waals surface area (Å²) in [5, 5.41) is 11.5. The van der Waals surface area contributed by atoms with Gasteiger partial charge in [0.2, 0.25) is 0 Å². The normalized spacial score (nSPS) is 10.6. The van der Waals surface area contributed by atoms with Gasteiger partial charge in [-0.3, -0.25) is 0 Å². The zero-order valence-electron chi connectivity index (χ0n) is 7.90. The van der Waals surface area contributed by atoms with Gasteiger partial charge in [-0.05, 0) is 0 Å². The van der Waals surface area contributed by atoms with Crippen LogP contribution in [0.25, 0.3) is 19.3 Å². The first-order valence-electron chi connectivity index (χ1n) is 4.70. The molecule has 0 spiro atoms. The van der Waals surface area contributed by atoms with Gasteiger partial charge in [-0.25, -0.2) is 0 Å². The Bertz CT molecular complexity index is 688. The molecule has 0 unspecified atom stereocenters. The number of fused-ring (bicyclic) bond motifs is 3. The van der Waals surface area contributed by atoms with Crippen molar-refractivity contribution in [3.8, 4) is 6.07 Å². The van der Waals surface area contributed by atoms with E-state index in [0.717, 1.165) is 10.9 Å². The second-order valence-corrected chi connectivity index (χ2v) is 5.66. The van der Waals surface area contributed by atoms with Crippen LogP contribution in [0.5, 0.6) is 0 Å². The first-order valence-corrected chi connectivity index (χ1v) is 6.42. The fourth-order valence-corrected chi connectivity index (χ4v) is 4.24. The standard InChI is InChI=1S/C13H7NSe/c14-8-9-4-3-7-12-13(9)10-5-1-2-6-11(10)15-12/h1-7H. The number of rotatable bonds is 0. The molecule has 0 fully saturated rings. The number of benzene rings is 2. The SMILES string of the molecule is N#Cc1cccc2[se]c3ccccc3c12. The molecule has 0 bridgehead atoms. The van der Waals surface area contributed by atoms with Gasteiger partial charge in [0.05, 0.1) is 0 Å². The van der Waals surface area contributed by atoms with Crippen molar-refractivity contribution in [2.24, 2.45) is 0 Å². The van der Waals surface area contributed by atoms with Gasteiger partial charge in [0.1, 0.15) is 0 Å². The third-order valence-corrected chi connectivity index (χ3v) is 4.91. The summed E-state index contributed by atoms with van der Waals surface area (Å²) in [5.74, 6) is 0. The fraction of sp³-hybridized carbons (Fsp3) is 0. The summed E-state index contributed by atoms with van der Waals surface area (Å²) in [5.41, 5.74) is 0.805. The Morgan fingerprint density at radius 1 is 0.933 bits per heavy atom. The summed E-state index contributed by atoms with van der Waals surface area (Å²) in [6.07, 6.45) is 0. The molecule has 0 aliphatic heterocycles. The summed E-state index contributed by atoms with van der Waals surface area (Å²) in [7, 11) is 0. The van der Waals surface area contributed by atoms with Crippen molar-refractivity contribution in [1.29, 1.82) is 5.26 Å². The summed E-state index contributed by atoms with van der Waals surface area (Å²) in [6, 6.07) is 16.7. The second-order valence-electron chi connectivity index (χ2n) is 3.39. The number of hydrogen-bond donors (Lipinski definition) is 0. The van der Waals surface area contributed by atoms with Crippen molar-refractivity contribution in [1.82, 2.24) is 0 Å².